The van der Waals surface area contributed by atoms with Gasteiger partial charge in [0.15, 0.2) is 5.78 Å². The SMILES string of the molecule is COc1ccc(C(=O)CC(Nc2ccc(Cl)cc2)c2ccc(SC)cc2)cc1. The Bertz CT molecular complexity index is 909. The molecular formula is C23H22ClNO2S. The number of carbonyl (C=O) groups is 1. The molecule has 0 bridgehead atoms. The third-order valence-electron chi connectivity index (χ3n) is 4.50. The maximum absolute atomic E-state index is 12.9. The van der Waals surface area contributed by atoms with Gasteiger partial charge in [0, 0.05) is 27.6 Å². The van der Waals surface area contributed by atoms with E-state index in [1.807, 2.05) is 42.7 Å². The number of nitrogens with one attached hydrogen (secondary N) is 1. The summed E-state index contributed by atoms with van der Waals surface area (Å²) in [5.74, 6) is 0.808. The predicted octanol–water partition coefficient (Wildman–Crippen LogP) is 6.50. The molecular weight excluding hydrogens is 390 g/mol. The van der Waals surface area contributed by atoms with Crippen molar-refractivity contribution in [1.82, 2.24) is 0 Å². The average Bonchev–Trinajstić information content (AvgIpc) is 2.75. The van der Waals surface area contributed by atoms with Crippen molar-refractivity contribution in [3.8, 4) is 5.75 Å². The van der Waals surface area contributed by atoms with Crippen molar-refractivity contribution in [1.29, 1.82) is 0 Å². The Morgan fingerprint density at radius 3 is 2.21 bits per heavy atom. The van der Waals surface area contributed by atoms with Gasteiger partial charge in [0.2, 0.25) is 0 Å². The summed E-state index contributed by atoms with van der Waals surface area (Å²) in [7, 11) is 1.61. The molecule has 5 heteroatoms. The van der Waals surface area contributed by atoms with Crippen LogP contribution in [0.25, 0.3) is 0 Å². The molecule has 144 valence electrons. The van der Waals surface area contributed by atoms with Crippen LogP contribution in [0.3, 0.4) is 0 Å². The highest BCUT2D eigenvalue weighted by Crippen LogP contribution is 2.27. The van der Waals surface area contributed by atoms with Crippen LogP contribution in [0, 0.1) is 0 Å². The lowest BCUT2D eigenvalue weighted by atomic mass is 9.97. The van der Waals surface area contributed by atoms with Gasteiger partial charge in [0.05, 0.1) is 13.2 Å². The molecule has 1 unspecified atom stereocenters. The van der Waals surface area contributed by atoms with Crippen molar-refractivity contribution in [2.75, 3.05) is 18.7 Å². The number of benzene rings is 3. The molecule has 0 aliphatic heterocycles. The molecule has 0 aliphatic carbocycles. The number of hydrogen-bond donors (Lipinski definition) is 1. The van der Waals surface area contributed by atoms with Gasteiger partial charge in [-0.05, 0) is 72.5 Å². The van der Waals surface area contributed by atoms with Gasteiger partial charge in [-0.15, -0.1) is 11.8 Å². The van der Waals surface area contributed by atoms with Crippen molar-refractivity contribution < 1.29 is 9.53 Å². The lowest BCUT2D eigenvalue weighted by molar-refractivity contribution is 0.0976. The molecule has 0 saturated carbocycles. The summed E-state index contributed by atoms with van der Waals surface area (Å²) in [6.07, 6.45) is 2.39. The second-order valence-corrected chi connectivity index (χ2v) is 7.65. The zero-order valence-electron chi connectivity index (χ0n) is 15.8. The minimum Gasteiger partial charge on any atom is -0.497 e. The van der Waals surface area contributed by atoms with E-state index in [0.29, 0.717) is 17.0 Å². The molecule has 3 rings (SSSR count). The number of ketones is 1. The van der Waals surface area contributed by atoms with Gasteiger partial charge < -0.3 is 10.1 Å². The summed E-state index contributed by atoms with van der Waals surface area (Å²) >= 11 is 7.69. The molecule has 0 spiro atoms. The molecule has 3 aromatic rings. The van der Waals surface area contributed by atoms with Gasteiger partial charge in [-0.3, -0.25) is 4.79 Å². The molecule has 0 fully saturated rings. The van der Waals surface area contributed by atoms with Crippen molar-refractivity contribution >= 4 is 34.8 Å². The molecule has 3 nitrogen and oxygen atoms in total. The first kappa shape index (κ1) is 20.3. The quantitative estimate of drug-likeness (QED) is 0.339. The fourth-order valence-electron chi connectivity index (χ4n) is 2.92. The zero-order valence-corrected chi connectivity index (χ0v) is 17.4. The predicted molar refractivity (Wildman–Crippen MR) is 118 cm³/mol. The van der Waals surface area contributed by atoms with E-state index < -0.39 is 0 Å². The van der Waals surface area contributed by atoms with Gasteiger partial charge >= 0.3 is 0 Å². The van der Waals surface area contributed by atoms with Crippen LogP contribution in [0.15, 0.2) is 77.7 Å². The summed E-state index contributed by atoms with van der Waals surface area (Å²) in [5.41, 5.74) is 2.66. The van der Waals surface area contributed by atoms with Crippen LogP contribution in [0.1, 0.15) is 28.4 Å². The molecule has 1 atom stereocenters. The van der Waals surface area contributed by atoms with E-state index in [2.05, 4.69) is 29.6 Å². The number of anilines is 1. The van der Waals surface area contributed by atoms with E-state index in [9.17, 15) is 4.79 Å². The van der Waals surface area contributed by atoms with Gasteiger partial charge in [-0.25, -0.2) is 0 Å². The fraction of sp³-hybridized carbons (Fsp3) is 0.174. The number of methoxy groups -OCH3 is 1. The van der Waals surface area contributed by atoms with Gasteiger partial charge in [0.1, 0.15) is 5.75 Å². The highest BCUT2D eigenvalue weighted by Gasteiger charge is 2.18. The third-order valence-corrected chi connectivity index (χ3v) is 5.50. The summed E-state index contributed by atoms with van der Waals surface area (Å²) in [5, 5.41) is 4.15. The maximum atomic E-state index is 12.9. The normalized spacial score (nSPS) is 11.7. The first-order valence-corrected chi connectivity index (χ1v) is 10.5. The average molecular weight is 412 g/mol. The first-order chi connectivity index (χ1) is 13.6. The van der Waals surface area contributed by atoms with E-state index >= 15 is 0 Å². The Morgan fingerprint density at radius 1 is 1.00 bits per heavy atom. The summed E-state index contributed by atoms with van der Waals surface area (Å²) in [6, 6.07) is 22.9. The molecule has 0 radical (unpaired) electrons. The van der Waals surface area contributed by atoms with Crippen LogP contribution in [0.2, 0.25) is 5.02 Å². The Hall–Kier alpha value is -2.43. The Balaban J connectivity index is 1.83. The minimum atomic E-state index is -0.147. The van der Waals surface area contributed by atoms with E-state index in [1.165, 1.54) is 4.90 Å². The number of ether oxygens (including phenoxy) is 1. The molecule has 0 saturated heterocycles. The lowest BCUT2D eigenvalue weighted by Gasteiger charge is -2.20. The second-order valence-electron chi connectivity index (χ2n) is 6.33. The minimum absolute atomic E-state index is 0.0723. The number of thioether (sulfide) groups is 1. The molecule has 0 aromatic heterocycles. The second kappa shape index (κ2) is 9.67. The lowest BCUT2D eigenvalue weighted by Crippen LogP contribution is -2.16. The van der Waals surface area contributed by atoms with Crippen LogP contribution in [-0.2, 0) is 0 Å². The highest BCUT2D eigenvalue weighted by molar-refractivity contribution is 7.98. The van der Waals surface area contributed by atoms with Crippen molar-refractivity contribution in [3.05, 3.63) is 88.9 Å². The van der Waals surface area contributed by atoms with Crippen LogP contribution in [0.5, 0.6) is 5.75 Å². The van der Waals surface area contributed by atoms with Crippen molar-refractivity contribution in [2.45, 2.75) is 17.4 Å². The molecule has 28 heavy (non-hydrogen) atoms. The number of Topliss-reactive ketones (excluding diaryl/α,β-unsaturated/α-hetero) is 1. The zero-order chi connectivity index (χ0) is 19.9. The van der Waals surface area contributed by atoms with E-state index in [0.717, 1.165) is 17.0 Å². The van der Waals surface area contributed by atoms with Crippen LogP contribution >= 0.6 is 23.4 Å². The maximum Gasteiger partial charge on any atom is 0.165 e. The highest BCUT2D eigenvalue weighted by atomic mass is 35.5. The van der Waals surface area contributed by atoms with Gasteiger partial charge in [-0.2, -0.15) is 0 Å². The summed E-state index contributed by atoms with van der Waals surface area (Å²) in [6.45, 7) is 0. The number of hydrogen-bond acceptors (Lipinski definition) is 4. The topological polar surface area (TPSA) is 38.3 Å². The van der Waals surface area contributed by atoms with Crippen LogP contribution in [-0.4, -0.2) is 19.1 Å². The fourth-order valence-corrected chi connectivity index (χ4v) is 3.45. The number of rotatable bonds is 8. The van der Waals surface area contributed by atoms with Crippen molar-refractivity contribution in [3.63, 3.8) is 0 Å². The first-order valence-electron chi connectivity index (χ1n) is 8.92. The Kier molecular flexibility index (Phi) is 7.01. The Morgan fingerprint density at radius 2 is 1.64 bits per heavy atom. The van der Waals surface area contributed by atoms with Crippen molar-refractivity contribution in [2.24, 2.45) is 0 Å². The van der Waals surface area contributed by atoms with Crippen LogP contribution in [0.4, 0.5) is 5.69 Å². The molecule has 0 aliphatic rings. The Labute approximate surface area is 175 Å². The van der Waals surface area contributed by atoms with E-state index in [1.54, 1.807) is 31.0 Å². The monoisotopic (exact) mass is 411 g/mol. The number of halogens is 1. The summed E-state index contributed by atoms with van der Waals surface area (Å²) < 4.78 is 5.17. The van der Waals surface area contributed by atoms with Crippen LogP contribution < -0.4 is 10.1 Å². The largest absolute Gasteiger partial charge is 0.497 e. The number of carbonyl (C=O) groups excluding carboxylic acids is 1. The molecule has 3 aromatic carbocycles. The smallest absolute Gasteiger partial charge is 0.165 e. The molecule has 0 amide bonds. The third kappa shape index (κ3) is 5.31. The summed E-state index contributed by atoms with van der Waals surface area (Å²) in [4.78, 5) is 14.1. The van der Waals surface area contributed by atoms with Gasteiger partial charge in [-0.1, -0.05) is 23.7 Å². The molecule has 0 heterocycles. The molecule has 1 N–H and O–H groups in total. The van der Waals surface area contributed by atoms with E-state index in [-0.39, 0.29) is 11.8 Å². The standard InChI is InChI=1S/C23H22ClNO2S/c1-27-20-11-3-17(4-12-20)23(26)15-22(16-5-13-21(28-2)14-6-16)25-19-9-7-18(24)8-10-19/h3-14,22,25H,15H2,1-2H3. The van der Waals surface area contributed by atoms with Gasteiger partial charge in [0.25, 0.3) is 0 Å². The van der Waals surface area contributed by atoms with E-state index in [4.69, 9.17) is 16.3 Å².